The summed E-state index contributed by atoms with van der Waals surface area (Å²) in [6.07, 6.45) is 0.413. The summed E-state index contributed by atoms with van der Waals surface area (Å²) in [6, 6.07) is 10.6. The predicted octanol–water partition coefficient (Wildman–Crippen LogP) is 5.37. The maximum atomic E-state index is 14.9. The Morgan fingerprint density at radius 3 is 2.42 bits per heavy atom. The number of carbonyl (C=O) groups is 1. The molecule has 1 unspecified atom stereocenters. The number of halogens is 3. The lowest BCUT2D eigenvalue weighted by Gasteiger charge is -2.18. The summed E-state index contributed by atoms with van der Waals surface area (Å²) in [5.41, 5.74) is 0.381. The number of esters is 1. The highest BCUT2D eigenvalue weighted by Gasteiger charge is 2.27. The fraction of sp³-hybridized carbons (Fsp3) is 0.240. The van der Waals surface area contributed by atoms with Gasteiger partial charge in [0.15, 0.2) is 5.75 Å². The molecule has 0 saturated carbocycles. The monoisotopic (exact) mass is 539 g/mol. The number of hydrogen-bond acceptors (Lipinski definition) is 6. The number of hydrogen-bond donors (Lipinski definition) is 2. The van der Waals surface area contributed by atoms with Crippen LogP contribution in [0.15, 0.2) is 53.4 Å². The lowest BCUT2D eigenvalue weighted by Crippen LogP contribution is -2.17. The molecule has 1 atom stereocenters. The van der Waals surface area contributed by atoms with Crippen LogP contribution >= 0.6 is 11.6 Å². The van der Waals surface area contributed by atoms with Crippen LogP contribution in [0.3, 0.4) is 0 Å². The van der Waals surface area contributed by atoms with Crippen LogP contribution in [-0.4, -0.2) is 40.3 Å². The minimum atomic E-state index is -4.57. The predicted molar refractivity (Wildman–Crippen MR) is 132 cm³/mol. The summed E-state index contributed by atoms with van der Waals surface area (Å²) >= 11 is 6.11. The van der Waals surface area contributed by atoms with Crippen molar-refractivity contribution in [3.63, 3.8) is 0 Å². The Hall–Kier alpha value is -3.21. The van der Waals surface area contributed by atoms with Crippen LogP contribution < -0.4 is 9.46 Å². The Morgan fingerprint density at radius 1 is 1.08 bits per heavy atom. The average Bonchev–Trinajstić information content (AvgIpc) is 2.84. The number of nitrogens with one attached hydrogen (secondary N) is 1. The van der Waals surface area contributed by atoms with Gasteiger partial charge in [0.05, 0.1) is 30.5 Å². The second kappa shape index (κ2) is 11.2. The number of methoxy groups -OCH3 is 2. The van der Waals surface area contributed by atoms with Gasteiger partial charge in [0.1, 0.15) is 16.5 Å². The van der Waals surface area contributed by atoms with Crippen LogP contribution in [-0.2, 0) is 14.8 Å². The minimum absolute atomic E-state index is 0.0391. The Bertz CT molecular complexity index is 1400. The maximum absolute atomic E-state index is 14.9. The highest BCUT2D eigenvalue weighted by molar-refractivity contribution is 7.92. The van der Waals surface area contributed by atoms with E-state index in [9.17, 15) is 27.1 Å². The molecule has 0 aliphatic rings. The van der Waals surface area contributed by atoms with Crippen LogP contribution in [0.25, 0.3) is 11.1 Å². The molecule has 192 valence electrons. The number of aliphatic hydroxyl groups is 1. The van der Waals surface area contributed by atoms with E-state index in [-0.39, 0.29) is 34.4 Å². The molecule has 0 aliphatic carbocycles. The van der Waals surface area contributed by atoms with Gasteiger partial charge in [0.2, 0.25) is 0 Å². The van der Waals surface area contributed by atoms with Crippen molar-refractivity contribution in [3.8, 4) is 16.9 Å². The third-order valence-corrected chi connectivity index (χ3v) is 7.22. The van der Waals surface area contributed by atoms with Gasteiger partial charge in [-0.2, -0.15) is 0 Å². The molecule has 0 radical (unpaired) electrons. The molecule has 2 N–H and O–H groups in total. The molecule has 11 heteroatoms. The number of carbonyl (C=O) groups excluding carboxylic acids is 1. The van der Waals surface area contributed by atoms with E-state index in [1.54, 1.807) is 24.3 Å². The first-order valence-electron chi connectivity index (χ1n) is 10.7. The van der Waals surface area contributed by atoms with Gasteiger partial charge < -0.3 is 14.6 Å². The van der Waals surface area contributed by atoms with Gasteiger partial charge in [-0.1, -0.05) is 42.8 Å². The molecular weight excluding hydrogens is 516 g/mol. The molecule has 0 aromatic heterocycles. The van der Waals surface area contributed by atoms with E-state index in [2.05, 4.69) is 9.46 Å². The van der Waals surface area contributed by atoms with Gasteiger partial charge in [-0.25, -0.2) is 22.0 Å². The molecule has 0 bridgehead atoms. The van der Waals surface area contributed by atoms with E-state index in [4.69, 9.17) is 16.3 Å². The molecule has 0 fully saturated rings. The van der Waals surface area contributed by atoms with Crippen molar-refractivity contribution >= 4 is 33.3 Å². The molecule has 0 heterocycles. The first-order valence-corrected chi connectivity index (χ1v) is 12.6. The highest BCUT2D eigenvalue weighted by atomic mass is 35.5. The lowest BCUT2D eigenvalue weighted by molar-refractivity contribution is 0.0600. The summed E-state index contributed by atoms with van der Waals surface area (Å²) in [5.74, 6) is -3.33. The molecule has 0 saturated heterocycles. The number of anilines is 1. The van der Waals surface area contributed by atoms with E-state index in [0.717, 1.165) is 19.2 Å². The van der Waals surface area contributed by atoms with Crippen molar-refractivity contribution in [1.82, 2.24) is 0 Å². The average molecular weight is 540 g/mol. The molecule has 7 nitrogen and oxygen atoms in total. The summed E-state index contributed by atoms with van der Waals surface area (Å²) in [4.78, 5) is 11.4. The number of benzene rings is 3. The summed E-state index contributed by atoms with van der Waals surface area (Å²) < 4.78 is 68.0. The zero-order chi connectivity index (χ0) is 26.6. The first kappa shape index (κ1) is 27.4. The SMILES string of the molecule is COC(=O)c1cc(Cl)c(OC)c(S(=O)(=O)Nc2cc(-c3ccccc3C(C)CCO)c(F)cc2F)c1. The van der Waals surface area contributed by atoms with Crippen molar-refractivity contribution in [1.29, 1.82) is 0 Å². The molecule has 36 heavy (non-hydrogen) atoms. The molecule has 3 rings (SSSR count). The van der Waals surface area contributed by atoms with Gasteiger partial charge >= 0.3 is 5.97 Å². The Balaban J connectivity index is 2.13. The van der Waals surface area contributed by atoms with Gasteiger partial charge in [-0.05, 0) is 41.7 Å². The number of sulfonamides is 1. The first-order chi connectivity index (χ1) is 17.0. The molecule has 3 aromatic carbocycles. The highest BCUT2D eigenvalue weighted by Crippen LogP contribution is 2.37. The zero-order valence-corrected chi connectivity index (χ0v) is 21.2. The third-order valence-electron chi connectivity index (χ3n) is 5.57. The number of aliphatic hydroxyl groups excluding tert-OH is 1. The van der Waals surface area contributed by atoms with Crippen molar-refractivity contribution in [3.05, 3.63) is 76.3 Å². The lowest BCUT2D eigenvalue weighted by atomic mass is 9.89. The number of ether oxygens (including phenoxy) is 2. The fourth-order valence-electron chi connectivity index (χ4n) is 3.76. The Kier molecular flexibility index (Phi) is 8.55. The zero-order valence-electron chi connectivity index (χ0n) is 19.6. The van der Waals surface area contributed by atoms with E-state index in [1.165, 1.54) is 13.2 Å². The molecule has 0 spiro atoms. The van der Waals surface area contributed by atoms with Gasteiger partial charge in [0.25, 0.3) is 10.0 Å². The van der Waals surface area contributed by atoms with E-state index < -0.39 is 38.2 Å². The normalized spacial score (nSPS) is 12.2. The number of rotatable bonds is 9. The summed E-state index contributed by atoms with van der Waals surface area (Å²) in [7, 11) is -2.28. The third kappa shape index (κ3) is 5.61. The van der Waals surface area contributed by atoms with E-state index >= 15 is 0 Å². The smallest absolute Gasteiger partial charge is 0.337 e. The second-order valence-corrected chi connectivity index (χ2v) is 9.96. The van der Waals surface area contributed by atoms with Crippen LogP contribution in [0, 0.1) is 11.6 Å². The van der Waals surface area contributed by atoms with Crippen LogP contribution in [0.4, 0.5) is 14.5 Å². The fourth-order valence-corrected chi connectivity index (χ4v) is 5.38. The van der Waals surface area contributed by atoms with Crippen LogP contribution in [0.5, 0.6) is 5.75 Å². The van der Waals surface area contributed by atoms with Gasteiger partial charge in [-0.15, -0.1) is 0 Å². The summed E-state index contributed by atoms with van der Waals surface area (Å²) in [5, 5.41) is 9.13. The largest absolute Gasteiger partial charge is 0.494 e. The molecule has 0 amide bonds. The van der Waals surface area contributed by atoms with Crippen LogP contribution in [0.2, 0.25) is 5.02 Å². The minimum Gasteiger partial charge on any atom is -0.494 e. The molecule has 3 aromatic rings. The Labute approximate surface area is 212 Å². The topological polar surface area (TPSA) is 102 Å². The van der Waals surface area contributed by atoms with Crippen LogP contribution in [0.1, 0.15) is 35.2 Å². The van der Waals surface area contributed by atoms with Crippen molar-refractivity contribution < 1.29 is 36.6 Å². The standard InChI is InChI=1S/C25H24ClF2NO6S/c1-14(8-9-30)16-6-4-5-7-17(16)18-12-22(21(28)13-20(18)27)29-36(32,33)23-11-15(25(31)35-3)10-19(26)24(23)34-2/h4-7,10-14,29-30H,8-9H2,1-3H3. The Morgan fingerprint density at radius 2 is 1.78 bits per heavy atom. The van der Waals surface area contributed by atoms with E-state index in [1.807, 2.05) is 6.92 Å². The van der Waals surface area contributed by atoms with Gasteiger partial charge in [0, 0.05) is 18.2 Å². The molecule has 0 aliphatic heterocycles. The quantitative estimate of drug-likeness (QED) is 0.355. The van der Waals surface area contributed by atoms with E-state index in [0.29, 0.717) is 23.6 Å². The second-order valence-electron chi connectivity index (χ2n) is 7.90. The molecular formula is C25H24ClF2NO6S. The summed E-state index contributed by atoms with van der Waals surface area (Å²) in [6.45, 7) is 1.77. The van der Waals surface area contributed by atoms with Crippen molar-refractivity contribution in [2.24, 2.45) is 0 Å². The van der Waals surface area contributed by atoms with Gasteiger partial charge in [-0.3, -0.25) is 4.72 Å². The van der Waals surface area contributed by atoms with Crippen molar-refractivity contribution in [2.45, 2.75) is 24.2 Å². The maximum Gasteiger partial charge on any atom is 0.337 e. The van der Waals surface area contributed by atoms with Crippen molar-refractivity contribution in [2.75, 3.05) is 25.5 Å².